The number of aliphatic hydroxyl groups is 4. The van der Waals surface area contributed by atoms with Crippen LogP contribution in [0.25, 0.3) is 0 Å². The zero-order chi connectivity index (χ0) is 17.8. The average Bonchev–Trinajstić information content (AvgIpc) is 2.59. The first kappa shape index (κ1) is 21.8. The molecule has 0 radical (unpaired) electrons. The topological polar surface area (TPSA) is 99.4 Å². The molecule has 0 aliphatic carbocycles. The molecule has 1 aliphatic rings. The molecule has 6 nitrogen and oxygen atoms in total. The van der Waals surface area contributed by atoms with Crippen LogP contribution in [-0.2, 0) is 9.47 Å². The Labute approximate surface area is 145 Å². The first-order chi connectivity index (χ1) is 11.6. The zero-order valence-corrected chi connectivity index (χ0v) is 15.0. The van der Waals surface area contributed by atoms with Crippen molar-refractivity contribution in [2.45, 2.75) is 102 Å². The van der Waals surface area contributed by atoms with Crippen molar-refractivity contribution in [3.63, 3.8) is 0 Å². The van der Waals surface area contributed by atoms with Gasteiger partial charge < -0.3 is 29.9 Å². The summed E-state index contributed by atoms with van der Waals surface area (Å²) in [7, 11) is 0. The highest BCUT2D eigenvalue weighted by molar-refractivity contribution is 4.88. The second-order valence-electron chi connectivity index (χ2n) is 6.75. The normalized spacial score (nSPS) is 30.6. The van der Waals surface area contributed by atoms with Crippen LogP contribution in [0.5, 0.6) is 0 Å². The molecule has 1 rings (SSSR count). The van der Waals surface area contributed by atoms with E-state index in [4.69, 9.17) is 14.6 Å². The van der Waals surface area contributed by atoms with Crippen LogP contribution in [0.15, 0.2) is 0 Å². The standard InChI is InChI=1S/C18H36O6/c1-2-3-4-5-6-7-8-9-10-11-12-23-18-17(22)16(21)15(20)14(13-19)24-18/h14-22H,2-13H2,1H3. The molecule has 0 saturated carbocycles. The lowest BCUT2D eigenvalue weighted by Crippen LogP contribution is -2.59. The van der Waals surface area contributed by atoms with Crippen molar-refractivity contribution in [2.75, 3.05) is 13.2 Å². The lowest BCUT2D eigenvalue weighted by atomic mass is 9.99. The van der Waals surface area contributed by atoms with Gasteiger partial charge in [0.25, 0.3) is 0 Å². The van der Waals surface area contributed by atoms with Crippen LogP contribution in [0.2, 0.25) is 0 Å². The van der Waals surface area contributed by atoms with Gasteiger partial charge in [0.05, 0.1) is 6.61 Å². The summed E-state index contributed by atoms with van der Waals surface area (Å²) >= 11 is 0. The minimum atomic E-state index is -1.37. The number of hydrogen-bond acceptors (Lipinski definition) is 6. The molecule has 1 heterocycles. The molecule has 5 unspecified atom stereocenters. The van der Waals surface area contributed by atoms with Gasteiger partial charge in [-0.05, 0) is 6.42 Å². The lowest BCUT2D eigenvalue weighted by molar-refractivity contribution is -0.301. The predicted octanol–water partition coefficient (Wildman–Crippen LogP) is 1.72. The summed E-state index contributed by atoms with van der Waals surface area (Å²) in [5.74, 6) is 0. The van der Waals surface area contributed by atoms with E-state index >= 15 is 0 Å². The molecule has 24 heavy (non-hydrogen) atoms. The molecule has 1 aliphatic heterocycles. The van der Waals surface area contributed by atoms with Crippen LogP contribution in [-0.4, -0.2) is 64.3 Å². The number of unbranched alkanes of at least 4 members (excludes halogenated alkanes) is 9. The van der Waals surface area contributed by atoms with Crippen LogP contribution in [0.4, 0.5) is 0 Å². The molecule has 1 saturated heterocycles. The van der Waals surface area contributed by atoms with E-state index in [0.717, 1.165) is 12.8 Å². The third kappa shape index (κ3) is 7.76. The summed E-state index contributed by atoms with van der Waals surface area (Å²) in [5.41, 5.74) is 0. The van der Waals surface area contributed by atoms with Gasteiger partial charge in [0.1, 0.15) is 24.4 Å². The molecule has 0 aromatic rings. The molecule has 4 N–H and O–H groups in total. The lowest BCUT2D eigenvalue weighted by Gasteiger charge is -2.39. The van der Waals surface area contributed by atoms with E-state index in [9.17, 15) is 15.3 Å². The van der Waals surface area contributed by atoms with Gasteiger partial charge in [-0.15, -0.1) is 0 Å². The summed E-state index contributed by atoms with van der Waals surface area (Å²) in [5, 5.41) is 38.3. The molecule has 0 aromatic heterocycles. The van der Waals surface area contributed by atoms with E-state index in [0.29, 0.717) is 6.61 Å². The van der Waals surface area contributed by atoms with Crippen molar-refractivity contribution in [3.8, 4) is 0 Å². The van der Waals surface area contributed by atoms with Crippen molar-refractivity contribution in [1.82, 2.24) is 0 Å². The number of hydrogen-bond donors (Lipinski definition) is 4. The van der Waals surface area contributed by atoms with Gasteiger partial charge in [0, 0.05) is 6.61 Å². The van der Waals surface area contributed by atoms with Crippen molar-refractivity contribution in [2.24, 2.45) is 0 Å². The fourth-order valence-electron chi connectivity index (χ4n) is 2.99. The Morgan fingerprint density at radius 3 is 1.83 bits per heavy atom. The summed E-state index contributed by atoms with van der Waals surface area (Å²) in [6.45, 7) is 2.23. The number of ether oxygens (including phenoxy) is 2. The van der Waals surface area contributed by atoms with Crippen LogP contribution in [0, 0.1) is 0 Å². The molecule has 0 bridgehead atoms. The van der Waals surface area contributed by atoms with Crippen LogP contribution in [0.1, 0.15) is 71.1 Å². The minimum Gasteiger partial charge on any atom is -0.394 e. The smallest absolute Gasteiger partial charge is 0.186 e. The highest BCUT2D eigenvalue weighted by Gasteiger charge is 2.43. The van der Waals surface area contributed by atoms with Gasteiger partial charge in [-0.2, -0.15) is 0 Å². The molecule has 0 spiro atoms. The van der Waals surface area contributed by atoms with E-state index < -0.39 is 37.3 Å². The van der Waals surface area contributed by atoms with E-state index in [-0.39, 0.29) is 0 Å². The van der Waals surface area contributed by atoms with Gasteiger partial charge in [-0.1, -0.05) is 64.7 Å². The first-order valence-electron chi connectivity index (χ1n) is 9.54. The highest BCUT2D eigenvalue weighted by atomic mass is 16.7. The van der Waals surface area contributed by atoms with E-state index in [1.54, 1.807) is 0 Å². The van der Waals surface area contributed by atoms with Gasteiger partial charge in [0.15, 0.2) is 6.29 Å². The summed E-state index contributed by atoms with van der Waals surface area (Å²) < 4.78 is 10.8. The fraction of sp³-hybridized carbons (Fsp3) is 1.00. The molecular formula is C18H36O6. The minimum absolute atomic E-state index is 0.428. The van der Waals surface area contributed by atoms with Gasteiger partial charge >= 0.3 is 0 Å². The average molecular weight is 348 g/mol. The van der Waals surface area contributed by atoms with E-state index in [2.05, 4.69) is 6.92 Å². The monoisotopic (exact) mass is 348 g/mol. The third-order valence-electron chi connectivity index (χ3n) is 4.63. The summed E-state index contributed by atoms with van der Waals surface area (Å²) in [4.78, 5) is 0. The molecule has 0 amide bonds. The summed E-state index contributed by atoms with van der Waals surface area (Å²) in [6.07, 6.45) is 6.37. The Hall–Kier alpha value is -0.240. The van der Waals surface area contributed by atoms with Gasteiger partial charge in [0.2, 0.25) is 0 Å². The number of rotatable bonds is 13. The van der Waals surface area contributed by atoms with Crippen molar-refractivity contribution >= 4 is 0 Å². The Kier molecular flexibility index (Phi) is 11.8. The quantitative estimate of drug-likeness (QED) is 0.378. The second kappa shape index (κ2) is 13.0. The van der Waals surface area contributed by atoms with Crippen LogP contribution >= 0.6 is 0 Å². The Morgan fingerprint density at radius 1 is 0.750 bits per heavy atom. The molecule has 1 fully saturated rings. The third-order valence-corrected chi connectivity index (χ3v) is 4.63. The van der Waals surface area contributed by atoms with Gasteiger partial charge in [-0.3, -0.25) is 0 Å². The van der Waals surface area contributed by atoms with Crippen molar-refractivity contribution in [1.29, 1.82) is 0 Å². The maximum Gasteiger partial charge on any atom is 0.186 e. The van der Waals surface area contributed by atoms with Crippen LogP contribution < -0.4 is 0 Å². The predicted molar refractivity (Wildman–Crippen MR) is 91.6 cm³/mol. The van der Waals surface area contributed by atoms with Crippen molar-refractivity contribution in [3.05, 3.63) is 0 Å². The Bertz CT molecular complexity index is 299. The maximum atomic E-state index is 9.84. The molecule has 6 heteroatoms. The first-order valence-corrected chi connectivity index (χ1v) is 9.54. The molecule has 0 aromatic carbocycles. The molecular weight excluding hydrogens is 312 g/mol. The van der Waals surface area contributed by atoms with E-state index in [1.807, 2.05) is 0 Å². The SMILES string of the molecule is CCCCCCCCCCCCOC1OC(CO)C(O)C(O)C1O. The fourth-order valence-corrected chi connectivity index (χ4v) is 2.99. The van der Waals surface area contributed by atoms with Gasteiger partial charge in [-0.25, -0.2) is 0 Å². The second-order valence-corrected chi connectivity index (χ2v) is 6.75. The van der Waals surface area contributed by atoms with E-state index in [1.165, 1.54) is 51.4 Å². The Balaban J connectivity index is 2.02. The number of aliphatic hydroxyl groups excluding tert-OH is 4. The molecule has 144 valence electrons. The van der Waals surface area contributed by atoms with Crippen LogP contribution in [0.3, 0.4) is 0 Å². The highest BCUT2D eigenvalue weighted by Crippen LogP contribution is 2.22. The maximum absolute atomic E-state index is 9.84. The molecule has 5 atom stereocenters. The largest absolute Gasteiger partial charge is 0.394 e. The zero-order valence-electron chi connectivity index (χ0n) is 15.0. The summed E-state index contributed by atoms with van der Waals surface area (Å²) in [6, 6.07) is 0. The van der Waals surface area contributed by atoms with Crippen molar-refractivity contribution < 1.29 is 29.9 Å². The Morgan fingerprint density at radius 2 is 1.29 bits per heavy atom.